The summed E-state index contributed by atoms with van der Waals surface area (Å²) in [7, 11) is 3.12. The first kappa shape index (κ1) is 21.2. The lowest BCUT2D eigenvalue weighted by Crippen LogP contribution is -2.36. The number of aromatic nitrogens is 1. The summed E-state index contributed by atoms with van der Waals surface area (Å²) < 4.78 is 40.5. The van der Waals surface area contributed by atoms with Gasteiger partial charge in [0.05, 0.1) is 13.7 Å². The Morgan fingerprint density at radius 2 is 1.93 bits per heavy atom. The molecule has 0 atom stereocenters. The Morgan fingerprint density at radius 1 is 1.18 bits per heavy atom. The van der Waals surface area contributed by atoms with Crippen LogP contribution in [-0.4, -0.2) is 38.3 Å². The number of methoxy groups -OCH3 is 1. The molecule has 1 aromatic carbocycles. The molecule has 0 amide bonds. The fraction of sp³-hybridized carbons (Fsp3) is 0.368. The van der Waals surface area contributed by atoms with Gasteiger partial charge in [-0.1, -0.05) is 6.07 Å². The number of halogens is 2. The second-order valence-electron chi connectivity index (χ2n) is 5.53. The number of hydrogen-bond acceptors (Lipinski definition) is 5. The molecule has 1 heterocycles. The summed E-state index contributed by atoms with van der Waals surface area (Å²) in [5, 5.41) is 6.21. The van der Waals surface area contributed by atoms with Crippen molar-refractivity contribution in [1.29, 1.82) is 0 Å². The molecule has 0 fully saturated rings. The SMILES string of the molecule is CCOc1ncccc1CNC(=NC)NCc1cc(OC)ccc1OC(F)F. The Hall–Kier alpha value is -3.10. The molecule has 0 aliphatic carbocycles. The maximum absolute atomic E-state index is 12.6. The summed E-state index contributed by atoms with van der Waals surface area (Å²) in [5.41, 5.74) is 1.38. The third kappa shape index (κ3) is 6.26. The molecule has 0 saturated carbocycles. The van der Waals surface area contributed by atoms with Crippen molar-refractivity contribution < 1.29 is 23.0 Å². The lowest BCUT2D eigenvalue weighted by atomic mass is 10.2. The summed E-state index contributed by atoms with van der Waals surface area (Å²) in [6.45, 7) is 0.137. The molecule has 2 aromatic rings. The van der Waals surface area contributed by atoms with Gasteiger partial charge in [0.25, 0.3) is 0 Å². The average Bonchev–Trinajstić information content (AvgIpc) is 2.70. The predicted molar refractivity (Wildman–Crippen MR) is 102 cm³/mol. The van der Waals surface area contributed by atoms with E-state index in [1.165, 1.54) is 13.2 Å². The van der Waals surface area contributed by atoms with Crippen LogP contribution >= 0.6 is 0 Å². The van der Waals surface area contributed by atoms with Gasteiger partial charge in [-0.15, -0.1) is 0 Å². The Bertz CT molecular complexity index is 788. The molecular formula is C19H24F2N4O3. The van der Waals surface area contributed by atoms with Crippen LogP contribution in [0.5, 0.6) is 17.4 Å². The van der Waals surface area contributed by atoms with Crippen LogP contribution in [0.15, 0.2) is 41.5 Å². The minimum atomic E-state index is -2.91. The van der Waals surface area contributed by atoms with Crippen LogP contribution in [0, 0.1) is 0 Å². The summed E-state index contributed by atoms with van der Waals surface area (Å²) in [5.74, 6) is 1.65. The first-order chi connectivity index (χ1) is 13.6. The third-order valence-electron chi connectivity index (χ3n) is 3.73. The number of guanidine groups is 1. The molecule has 2 N–H and O–H groups in total. The first-order valence-electron chi connectivity index (χ1n) is 8.70. The van der Waals surface area contributed by atoms with Gasteiger partial charge in [0.1, 0.15) is 11.5 Å². The van der Waals surface area contributed by atoms with Crippen molar-refractivity contribution in [3.05, 3.63) is 47.7 Å². The number of nitrogens with one attached hydrogen (secondary N) is 2. The molecule has 0 radical (unpaired) electrons. The normalized spacial score (nSPS) is 11.3. The van der Waals surface area contributed by atoms with Crippen LogP contribution < -0.4 is 24.8 Å². The maximum atomic E-state index is 12.6. The topological polar surface area (TPSA) is 77.0 Å². The highest BCUT2D eigenvalue weighted by Crippen LogP contribution is 2.25. The van der Waals surface area contributed by atoms with Crippen LogP contribution in [0.4, 0.5) is 8.78 Å². The highest BCUT2D eigenvalue weighted by atomic mass is 19.3. The number of ether oxygens (including phenoxy) is 3. The van der Waals surface area contributed by atoms with E-state index in [-0.39, 0.29) is 12.3 Å². The largest absolute Gasteiger partial charge is 0.497 e. The van der Waals surface area contributed by atoms with Crippen molar-refractivity contribution in [1.82, 2.24) is 15.6 Å². The standard InChI is InChI=1S/C19H24F2N4O3/c1-4-27-17-13(6-5-9-23-17)11-24-19(22-2)25-12-14-10-15(26-3)7-8-16(14)28-18(20)21/h5-10,18H,4,11-12H2,1-3H3,(H2,22,24,25). The third-order valence-corrected chi connectivity index (χ3v) is 3.73. The number of rotatable bonds is 9. The highest BCUT2D eigenvalue weighted by molar-refractivity contribution is 5.79. The summed E-state index contributed by atoms with van der Waals surface area (Å²) in [6.07, 6.45) is 1.66. The van der Waals surface area contributed by atoms with Crippen molar-refractivity contribution in [2.45, 2.75) is 26.6 Å². The summed E-state index contributed by atoms with van der Waals surface area (Å²) in [4.78, 5) is 8.34. The molecule has 152 valence electrons. The number of pyridine rings is 1. The average molecular weight is 394 g/mol. The molecule has 0 saturated heterocycles. The summed E-state index contributed by atoms with van der Waals surface area (Å²) in [6, 6.07) is 8.36. The lowest BCUT2D eigenvalue weighted by molar-refractivity contribution is -0.0504. The first-order valence-corrected chi connectivity index (χ1v) is 8.70. The smallest absolute Gasteiger partial charge is 0.387 e. The van der Waals surface area contributed by atoms with Crippen molar-refractivity contribution >= 4 is 5.96 Å². The van der Waals surface area contributed by atoms with Gasteiger partial charge in [-0.2, -0.15) is 8.78 Å². The molecule has 2 rings (SSSR count). The van der Waals surface area contributed by atoms with Crippen LogP contribution in [0.1, 0.15) is 18.1 Å². The molecular weight excluding hydrogens is 370 g/mol. The predicted octanol–water partition coefficient (Wildman–Crippen LogP) is 2.96. The number of nitrogens with zero attached hydrogens (tertiary/aromatic N) is 2. The van der Waals surface area contributed by atoms with E-state index in [0.29, 0.717) is 36.3 Å². The summed E-state index contributed by atoms with van der Waals surface area (Å²) >= 11 is 0. The zero-order chi connectivity index (χ0) is 20.4. The van der Waals surface area contributed by atoms with E-state index >= 15 is 0 Å². The molecule has 1 aromatic heterocycles. The fourth-order valence-electron chi connectivity index (χ4n) is 2.44. The van der Waals surface area contributed by atoms with Gasteiger partial charge in [0.15, 0.2) is 5.96 Å². The Labute approximate surface area is 162 Å². The van der Waals surface area contributed by atoms with Crippen LogP contribution in [0.3, 0.4) is 0 Å². The number of alkyl halides is 2. The van der Waals surface area contributed by atoms with E-state index in [1.807, 2.05) is 19.1 Å². The monoisotopic (exact) mass is 394 g/mol. The van der Waals surface area contributed by atoms with Crippen LogP contribution in [-0.2, 0) is 13.1 Å². The zero-order valence-corrected chi connectivity index (χ0v) is 16.0. The molecule has 0 unspecified atom stereocenters. The van der Waals surface area contributed by atoms with E-state index in [0.717, 1.165) is 5.56 Å². The molecule has 0 aliphatic heterocycles. The maximum Gasteiger partial charge on any atom is 0.387 e. The van der Waals surface area contributed by atoms with E-state index in [9.17, 15) is 8.78 Å². The van der Waals surface area contributed by atoms with E-state index in [4.69, 9.17) is 9.47 Å². The molecule has 28 heavy (non-hydrogen) atoms. The second-order valence-corrected chi connectivity index (χ2v) is 5.53. The Balaban J connectivity index is 2.02. The molecule has 0 aliphatic rings. The van der Waals surface area contributed by atoms with Crippen LogP contribution in [0.2, 0.25) is 0 Å². The van der Waals surface area contributed by atoms with Gasteiger partial charge in [-0.3, -0.25) is 4.99 Å². The fourth-order valence-corrected chi connectivity index (χ4v) is 2.44. The molecule has 7 nitrogen and oxygen atoms in total. The molecule has 0 bridgehead atoms. The minimum Gasteiger partial charge on any atom is -0.497 e. The number of aliphatic imine (C=N–C) groups is 1. The number of hydrogen-bond donors (Lipinski definition) is 2. The van der Waals surface area contributed by atoms with Gasteiger partial charge < -0.3 is 24.8 Å². The lowest BCUT2D eigenvalue weighted by Gasteiger charge is -2.16. The van der Waals surface area contributed by atoms with E-state index in [2.05, 4.69) is 25.3 Å². The van der Waals surface area contributed by atoms with Crippen molar-refractivity contribution in [3.8, 4) is 17.4 Å². The van der Waals surface area contributed by atoms with Gasteiger partial charge >= 0.3 is 6.61 Å². The van der Waals surface area contributed by atoms with Gasteiger partial charge in [0, 0.05) is 37.5 Å². The zero-order valence-electron chi connectivity index (χ0n) is 16.0. The quantitative estimate of drug-likeness (QED) is 0.503. The number of benzene rings is 1. The second kappa shape index (κ2) is 10.9. The van der Waals surface area contributed by atoms with Crippen molar-refractivity contribution in [3.63, 3.8) is 0 Å². The van der Waals surface area contributed by atoms with Gasteiger partial charge in [0.2, 0.25) is 5.88 Å². The Kier molecular flexibility index (Phi) is 8.26. The molecule has 9 heteroatoms. The van der Waals surface area contributed by atoms with Crippen LogP contribution in [0.25, 0.3) is 0 Å². The highest BCUT2D eigenvalue weighted by Gasteiger charge is 2.12. The van der Waals surface area contributed by atoms with Crippen molar-refractivity contribution in [2.75, 3.05) is 20.8 Å². The molecule has 0 spiro atoms. The minimum absolute atomic E-state index is 0.0737. The van der Waals surface area contributed by atoms with E-state index < -0.39 is 6.61 Å². The Morgan fingerprint density at radius 3 is 2.57 bits per heavy atom. The van der Waals surface area contributed by atoms with E-state index in [1.54, 1.807) is 25.4 Å². The van der Waals surface area contributed by atoms with Crippen molar-refractivity contribution in [2.24, 2.45) is 4.99 Å². The van der Waals surface area contributed by atoms with Gasteiger partial charge in [-0.25, -0.2) is 4.98 Å². The van der Waals surface area contributed by atoms with Gasteiger partial charge in [-0.05, 0) is 31.2 Å².